The Bertz CT molecular complexity index is 1270. The maximum absolute atomic E-state index is 11.7. The minimum Gasteiger partial charge on any atom is -0.480 e. The van der Waals surface area contributed by atoms with E-state index < -0.39 is 95.3 Å². The summed E-state index contributed by atoms with van der Waals surface area (Å²) in [5, 5.41) is 37.0. The average Bonchev–Trinajstić information content (AvgIpc) is 3.79. The highest BCUT2D eigenvalue weighted by Crippen LogP contribution is 2.30. The van der Waals surface area contributed by atoms with Crippen LogP contribution < -0.4 is 0 Å². The van der Waals surface area contributed by atoms with Crippen LogP contribution in [0.5, 0.6) is 0 Å². The quantitative estimate of drug-likeness (QED) is 0.0744. The third-order valence-corrected chi connectivity index (χ3v) is 12.6. The van der Waals surface area contributed by atoms with E-state index in [0.717, 1.165) is 62.8 Å². The van der Waals surface area contributed by atoms with E-state index in [2.05, 4.69) is 0 Å². The molecule has 4 aliphatic rings. The maximum Gasteiger partial charge on any atom is 0.327 e. The molecule has 4 N–H and O–H groups in total. The van der Waals surface area contributed by atoms with Gasteiger partial charge in [-0.3, -0.25) is 58.0 Å². The van der Waals surface area contributed by atoms with Gasteiger partial charge in [-0.25, -0.2) is 19.2 Å². The monoisotopic (exact) mass is 808 g/mol. The fourth-order valence-corrected chi connectivity index (χ4v) is 10.0. The van der Waals surface area contributed by atoms with E-state index >= 15 is 0 Å². The first-order chi connectivity index (χ1) is 24.5. The zero-order valence-electron chi connectivity index (χ0n) is 26.9. The molecule has 0 aliphatic carbocycles. The Kier molecular flexibility index (Phi) is 15.5. The van der Waals surface area contributed by atoms with E-state index in [4.69, 9.17) is 0 Å². The molecule has 284 valence electrons. The normalized spacial score (nSPS) is 20.0. The van der Waals surface area contributed by atoms with Crippen molar-refractivity contribution in [3.05, 3.63) is 0 Å². The van der Waals surface area contributed by atoms with Gasteiger partial charge in [0, 0.05) is 74.4 Å². The molecule has 4 heterocycles. The Hall–Kier alpha value is -4.16. The molecule has 4 unspecified atom stereocenters. The standard InChI is InChI=1S/2C14H16N2O8S2/c2*17-9-1-2-10(18)15(9)7(13(21)22)5-25-26-6-8(14(23)24)16-11(19)3-4-12(16)20/h2*7-8H,1-6H2,(H,21,22)(H,23,24). The summed E-state index contributed by atoms with van der Waals surface area (Å²) < 4.78 is 0. The zero-order valence-corrected chi connectivity index (χ0v) is 30.2. The fraction of sp³-hybridized carbons (Fsp3) is 0.571. The number of aliphatic carboxylic acids is 4. The van der Waals surface area contributed by atoms with Gasteiger partial charge in [-0.1, -0.05) is 43.2 Å². The summed E-state index contributed by atoms with van der Waals surface area (Å²) in [4.78, 5) is 142. The highest BCUT2D eigenvalue weighted by atomic mass is 33.1. The van der Waals surface area contributed by atoms with Crippen LogP contribution in [0.3, 0.4) is 0 Å². The topological polar surface area (TPSA) is 299 Å². The van der Waals surface area contributed by atoms with Crippen molar-refractivity contribution in [3.63, 3.8) is 0 Å². The smallest absolute Gasteiger partial charge is 0.327 e. The predicted molar refractivity (Wildman–Crippen MR) is 180 cm³/mol. The third-order valence-electron chi connectivity index (χ3n) is 7.82. The minimum atomic E-state index is -1.34. The minimum absolute atomic E-state index is 0.0271. The molecule has 4 aliphatic heterocycles. The van der Waals surface area contributed by atoms with Crippen molar-refractivity contribution in [2.24, 2.45) is 0 Å². The Morgan fingerprint density at radius 1 is 0.365 bits per heavy atom. The number of carboxylic acid groups (broad SMARTS) is 4. The molecule has 24 heteroatoms. The lowest BCUT2D eigenvalue weighted by Crippen LogP contribution is -2.46. The van der Waals surface area contributed by atoms with Gasteiger partial charge in [0.1, 0.15) is 24.2 Å². The highest BCUT2D eigenvalue weighted by Gasteiger charge is 2.42. The number of carbonyl (C=O) groups excluding carboxylic acids is 8. The summed E-state index contributed by atoms with van der Waals surface area (Å²) in [6.45, 7) is 0. The second kappa shape index (κ2) is 19.1. The zero-order chi connectivity index (χ0) is 38.9. The van der Waals surface area contributed by atoms with Gasteiger partial charge >= 0.3 is 23.9 Å². The van der Waals surface area contributed by atoms with Crippen LogP contribution in [0, 0.1) is 0 Å². The fourth-order valence-electron chi connectivity index (χ4n) is 5.24. The van der Waals surface area contributed by atoms with Crippen LogP contribution in [0.25, 0.3) is 0 Å². The molecule has 4 rings (SSSR count). The van der Waals surface area contributed by atoms with Gasteiger partial charge in [0.15, 0.2) is 0 Å². The number of rotatable bonds is 18. The van der Waals surface area contributed by atoms with Gasteiger partial charge < -0.3 is 20.4 Å². The van der Waals surface area contributed by atoms with E-state index in [1.54, 1.807) is 0 Å². The summed E-state index contributed by atoms with van der Waals surface area (Å²) in [7, 11) is 3.86. The molecule has 0 radical (unpaired) electrons. The molecule has 4 saturated heterocycles. The van der Waals surface area contributed by atoms with Gasteiger partial charge in [0.05, 0.1) is 0 Å². The van der Waals surface area contributed by atoms with Gasteiger partial charge in [-0.15, -0.1) is 0 Å². The van der Waals surface area contributed by atoms with Crippen molar-refractivity contribution in [1.29, 1.82) is 0 Å². The van der Waals surface area contributed by atoms with Crippen LogP contribution >= 0.6 is 43.2 Å². The molecule has 20 nitrogen and oxygen atoms in total. The lowest BCUT2D eigenvalue weighted by atomic mass is 10.3. The first-order valence-electron chi connectivity index (χ1n) is 15.3. The number of nitrogens with zero attached hydrogens (tertiary/aromatic N) is 4. The second-order valence-corrected chi connectivity index (χ2v) is 16.3. The largest absolute Gasteiger partial charge is 0.480 e. The predicted octanol–water partition coefficient (Wildman–Crippen LogP) is -0.856. The average molecular weight is 809 g/mol. The SMILES string of the molecule is O=C(O)C(CSSCC(C(=O)O)N1C(=O)CCC1=O)N1C(=O)CCC1=O.O=C(O)C(CSSCC(C(=O)O)N1C(=O)CCC1=O)N1C(=O)CCC1=O. The van der Waals surface area contributed by atoms with Gasteiger partial charge in [-0.05, 0) is 0 Å². The summed E-state index contributed by atoms with van der Waals surface area (Å²) in [6, 6.07) is -5.36. The van der Waals surface area contributed by atoms with Crippen molar-refractivity contribution < 1.29 is 78.0 Å². The summed E-state index contributed by atoms with van der Waals surface area (Å²) in [5.41, 5.74) is 0. The van der Waals surface area contributed by atoms with Gasteiger partial charge in [-0.2, -0.15) is 0 Å². The Labute approximate surface area is 309 Å². The first kappa shape index (κ1) is 42.3. The van der Waals surface area contributed by atoms with E-state index in [0.29, 0.717) is 0 Å². The van der Waals surface area contributed by atoms with E-state index in [9.17, 15) is 78.0 Å². The van der Waals surface area contributed by atoms with Crippen molar-refractivity contribution in [2.75, 3.05) is 23.0 Å². The molecule has 4 atom stereocenters. The number of hydrogen-bond donors (Lipinski definition) is 4. The Balaban J connectivity index is 0.000000280. The molecular formula is C28H32N4O16S4. The molecule has 0 bridgehead atoms. The van der Waals surface area contributed by atoms with Crippen molar-refractivity contribution in [1.82, 2.24) is 19.6 Å². The lowest BCUT2D eigenvalue weighted by Gasteiger charge is -2.23. The van der Waals surface area contributed by atoms with Gasteiger partial charge in [0.25, 0.3) is 0 Å². The Morgan fingerprint density at radius 3 is 0.615 bits per heavy atom. The van der Waals surface area contributed by atoms with Crippen LogP contribution in [0.2, 0.25) is 0 Å². The number of hydrogen-bond acceptors (Lipinski definition) is 16. The first-order valence-corrected chi connectivity index (χ1v) is 20.2. The molecule has 8 amide bonds. The van der Waals surface area contributed by atoms with Crippen LogP contribution in [0.1, 0.15) is 51.4 Å². The van der Waals surface area contributed by atoms with Crippen LogP contribution in [0.15, 0.2) is 0 Å². The summed E-state index contributed by atoms with van der Waals surface area (Å²) in [6.07, 6.45) is -0.217. The van der Waals surface area contributed by atoms with E-state index in [1.807, 2.05) is 0 Å². The molecule has 0 saturated carbocycles. The van der Waals surface area contributed by atoms with E-state index in [1.165, 1.54) is 0 Å². The van der Waals surface area contributed by atoms with Crippen molar-refractivity contribution >= 4 is 114 Å². The number of carboxylic acids is 4. The Morgan fingerprint density at radius 2 is 0.500 bits per heavy atom. The molecular weight excluding hydrogens is 777 g/mol. The maximum atomic E-state index is 11.7. The number of carbonyl (C=O) groups is 12. The molecule has 4 fully saturated rings. The van der Waals surface area contributed by atoms with Crippen molar-refractivity contribution in [2.45, 2.75) is 75.5 Å². The molecule has 0 aromatic carbocycles. The number of amides is 8. The molecule has 52 heavy (non-hydrogen) atoms. The van der Waals surface area contributed by atoms with E-state index in [-0.39, 0.29) is 74.4 Å². The number of imide groups is 4. The molecule has 0 spiro atoms. The van der Waals surface area contributed by atoms with Gasteiger partial charge in [0.2, 0.25) is 47.3 Å². The summed E-state index contributed by atoms with van der Waals surface area (Å²) in [5.74, 6) is -10.3. The van der Waals surface area contributed by atoms with Crippen molar-refractivity contribution in [3.8, 4) is 0 Å². The molecule has 0 aromatic heterocycles. The van der Waals surface area contributed by atoms with Crippen LogP contribution in [-0.2, 0) is 57.5 Å². The lowest BCUT2D eigenvalue weighted by molar-refractivity contribution is -0.153. The number of likely N-dealkylation sites (tertiary alicyclic amines) is 4. The van der Waals surface area contributed by atoms with Crippen LogP contribution in [0.4, 0.5) is 0 Å². The van der Waals surface area contributed by atoms with Crippen LogP contribution in [-0.4, -0.2) is 158 Å². The summed E-state index contributed by atoms with van der Waals surface area (Å²) >= 11 is 0. The third kappa shape index (κ3) is 10.5. The second-order valence-electron chi connectivity index (χ2n) is 11.2. The molecule has 0 aromatic rings. The highest BCUT2D eigenvalue weighted by molar-refractivity contribution is 8.77.